The number of nitrogen functional groups attached to an aromatic ring is 1. The van der Waals surface area contributed by atoms with Gasteiger partial charge in [-0.15, -0.1) is 0 Å². The molecular formula is C9H13BrN2O. The van der Waals surface area contributed by atoms with E-state index in [4.69, 9.17) is 10.6 Å². The number of benzene rings is 1. The van der Waals surface area contributed by atoms with Crippen LogP contribution in [-0.4, -0.2) is 6.61 Å². The molecule has 0 bridgehead atoms. The van der Waals surface area contributed by atoms with Crippen molar-refractivity contribution in [2.45, 2.75) is 12.3 Å². The summed E-state index contributed by atoms with van der Waals surface area (Å²) in [4.78, 5) is 0. The van der Waals surface area contributed by atoms with Crippen molar-refractivity contribution < 1.29 is 4.74 Å². The van der Waals surface area contributed by atoms with Gasteiger partial charge in [-0.3, -0.25) is 5.84 Å². The first-order valence-corrected chi connectivity index (χ1v) is 5.22. The van der Waals surface area contributed by atoms with E-state index in [-0.39, 0.29) is 0 Å². The topological polar surface area (TPSA) is 47.3 Å². The Hall–Kier alpha value is -0.740. The van der Waals surface area contributed by atoms with E-state index in [2.05, 4.69) is 21.4 Å². The van der Waals surface area contributed by atoms with Crippen LogP contribution in [0.4, 0.5) is 5.69 Å². The van der Waals surface area contributed by atoms with Crippen LogP contribution >= 0.6 is 15.9 Å². The zero-order chi connectivity index (χ0) is 9.68. The van der Waals surface area contributed by atoms with E-state index in [1.165, 1.54) is 5.56 Å². The first kappa shape index (κ1) is 10.3. The molecule has 0 aliphatic carbocycles. The number of alkyl halides is 1. The largest absolute Gasteiger partial charge is 0.492 e. The molecule has 3 nitrogen and oxygen atoms in total. The van der Waals surface area contributed by atoms with Crippen molar-refractivity contribution >= 4 is 21.6 Å². The van der Waals surface area contributed by atoms with Gasteiger partial charge in [-0.2, -0.15) is 0 Å². The van der Waals surface area contributed by atoms with E-state index >= 15 is 0 Å². The van der Waals surface area contributed by atoms with Crippen LogP contribution in [0.5, 0.6) is 5.75 Å². The Labute approximate surface area is 86.4 Å². The van der Waals surface area contributed by atoms with Gasteiger partial charge < -0.3 is 10.2 Å². The molecule has 0 spiro atoms. The van der Waals surface area contributed by atoms with Gasteiger partial charge in [0.2, 0.25) is 0 Å². The molecule has 1 aromatic carbocycles. The Morgan fingerprint density at radius 2 is 2.31 bits per heavy atom. The van der Waals surface area contributed by atoms with Gasteiger partial charge in [0.25, 0.3) is 0 Å². The summed E-state index contributed by atoms with van der Waals surface area (Å²) in [5, 5.41) is 0.817. The molecule has 0 saturated carbocycles. The summed E-state index contributed by atoms with van der Waals surface area (Å²) in [6.07, 6.45) is 0. The van der Waals surface area contributed by atoms with Gasteiger partial charge >= 0.3 is 0 Å². The van der Waals surface area contributed by atoms with Crippen molar-refractivity contribution in [3.8, 4) is 5.75 Å². The van der Waals surface area contributed by atoms with Gasteiger partial charge in [0, 0.05) is 5.33 Å². The van der Waals surface area contributed by atoms with E-state index in [1.807, 2.05) is 25.1 Å². The molecule has 0 amide bonds. The maximum absolute atomic E-state index is 5.41. The lowest BCUT2D eigenvalue weighted by atomic mass is 10.2. The Morgan fingerprint density at radius 3 is 2.85 bits per heavy atom. The van der Waals surface area contributed by atoms with Gasteiger partial charge in [-0.1, -0.05) is 22.0 Å². The van der Waals surface area contributed by atoms with E-state index in [1.54, 1.807) is 0 Å². The van der Waals surface area contributed by atoms with Crippen LogP contribution < -0.4 is 16.0 Å². The maximum atomic E-state index is 5.41. The number of hydrogen-bond acceptors (Lipinski definition) is 3. The predicted molar refractivity (Wildman–Crippen MR) is 58.1 cm³/mol. The van der Waals surface area contributed by atoms with Gasteiger partial charge in [0.1, 0.15) is 5.75 Å². The van der Waals surface area contributed by atoms with Crippen molar-refractivity contribution in [1.29, 1.82) is 0 Å². The molecule has 0 heterocycles. The summed E-state index contributed by atoms with van der Waals surface area (Å²) in [5.74, 6) is 6.12. The highest BCUT2D eigenvalue weighted by Gasteiger charge is 2.02. The van der Waals surface area contributed by atoms with Gasteiger partial charge in [0.15, 0.2) is 0 Å². The normalized spacial score (nSPS) is 9.77. The zero-order valence-corrected chi connectivity index (χ0v) is 9.10. The molecule has 4 heteroatoms. The minimum absolute atomic E-state index is 0.639. The second-order valence-corrected chi connectivity index (χ2v) is 3.10. The number of rotatable bonds is 4. The number of nitrogens with one attached hydrogen (secondary N) is 1. The Morgan fingerprint density at radius 1 is 1.54 bits per heavy atom. The fraction of sp³-hybridized carbons (Fsp3) is 0.333. The third-order valence-electron chi connectivity index (χ3n) is 1.66. The lowest BCUT2D eigenvalue weighted by Crippen LogP contribution is -2.09. The van der Waals surface area contributed by atoms with E-state index in [9.17, 15) is 0 Å². The summed E-state index contributed by atoms with van der Waals surface area (Å²) in [6, 6.07) is 5.86. The molecule has 0 unspecified atom stereocenters. The zero-order valence-electron chi connectivity index (χ0n) is 7.51. The van der Waals surface area contributed by atoms with Gasteiger partial charge in [0.05, 0.1) is 12.3 Å². The lowest BCUT2D eigenvalue weighted by Gasteiger charge is -2.10. The standard InChI is InChI=1S/C9H13BrN2O/c1-2-13-9-5-7(6-10)3-4-8(9)12-11/h3-5,12H,2,6,11H2,1H3. The number of hydrogen-bond donors (Lipinski definition) is 2. The van der Waals surface area contributed by atoms with Crippen molar-refractivity contribution in [3.05, 3.63) is 23.8 Å². The Bertz CT molecular complexity index is 278. The smallest absolute Gasteiger partial charge is 0.143 e. The Balaban J connectivity index is 2.95. The van der Waals surface area contributed by atoms with Crippen LogP contribution in [-0.2, 0) is 5.33 Å². The van der Waals surface area contributed by atoms with Crippen molar-refractivity contribution in [2.24, 2.45) is 5.84 Å². The van der Waals surface area contributed by atoms with Crippen molar-refractivity contribution in [2.75, 3.05) is 12.0 Å². The first-order chi connectivity index (χ1) is 6.31. The maximum Gasteiger partial charge on any atom is 0.143 e. The molecule has 72 valence electrons. The molecule has 0 fully saturated rings. The second-order valence-electron chi connectivity index (χ2n) is 2.54. The molecule has 0 radical (unpaired) electrons. The molecular weight excluding hydrogens is 232 g/mol. The summed E-state index contributed by atoms with van der Waals surface area (Å²) in [7, 11) is 0. The summed E-state index contributed by atoms with van der Waals surface area (Å²) in [6.45, 7) is 2.58. The van der Waals surface area contributed by atoms with E-state index in [0.29, 0.717) is 6.61 Å². The monoisotopic (exact) mass is 244 g/mol. The van der Waals surface area contributed by atoms with Crippen LogP contribution in [0.1, 0.15) is 12.5 Å². The molecule has 0 saturated heterocycles. The molecule has 0 atom stereocenters. The number of hydrazine groups is 1. The Kier molecular flexibility index (Phi) is 4.05. The van der Waals surface area contributed by atoms with Crippen LogP contribution in [0.25, 0.3) is 0 Å². The second kappa shape index (κ2) is 5.09. The van der Waals surface area contributed by atoms with E-state index in [0.717, 1.165) is 16.8 Å². The molecule has 3 N–H and O–H groups in total. The highest BCUT2D eigenvalue weighted by atomic mass is 79.9. The van der Waals surface area contributed by atoms with Crippen LogP contribution in [0.15, 0.2) is 18.2 Å². The average Bonchev–Trinajstić information content (AvgIpc) is 2.18. The number of halogens is 1. The first-order valence-electron chi connectivity index (χ1n) is 4.10. The molecule has 13 heavy (non-hydrogen) atoms. The summed E-state index contributed by atoms with van der Waals surface area (Å²) in [5.41, 5.74) is 4.57. The predicted octanol–water partition coefficient (Wildman–Crippen LogP) is 2.27. The van der Waals surface area contributed by atoms with Gasteiger partial charge in [-0.25, -0.2) is 0 Å². The molecule has 1 aromatic rings. The molecule has 0 aliphatic heterocycles. The fourth-order valence-corrected chi connectivity index (χ4v) is 1.39. The number of ether oxygens (including phenoxy) is 1. The SMILES string of the molecule is CCOc1cc(CBr)ccc1NN. The highest BCUT2D eigenvalue weighted by molar-refractivity contribution is 9.08. The number of nitrogens with two attached hydrogens (primary N) is 1. The van der Waals surface area contributed by atoms with Crippen molar-refractivity contribution in [1.82, 2.24) is 0 Å². The van der Waals surface area contributed by atoms with Crippen LogP contribution in [0.3, 0.4) is 0 Å². The van der Waals surface area contributed by atoms with Crippen LogP contribution in [0.2, 0.25) is 0 Å². The molecule has 1 rings (SSSR count). The number of anilines is 1. The third kappa shape index (κ3) is 2.60. The highest BCUT2D eigenvalue weighted by Crippen LogP contribution is 2.25. The summed E-state index contributed by atoms with van der Waals surface area (Å²) < 4.78 is 5.41. The van der Waals surface area contributed by atoms with E-state index < -0.39 is 0 Å². The minimum Gasteiger partial charge on any atom is -0.492 e. The average molecular weight is 245 g/mol. The lowest BCUT2D eigenvalue weighted by molar-refractivity contribution is 0.341. The molecule has 0 aromatic heterocycles. The molecule has 0 aliphatic rings. The fourth-order valence-electron chi connectivity index (χ4n) is 1.04. The van der Waals surface area contributed by atoms with Crippen LogP contribution in [0, 0.1) is 0 Å². The van der Waals surface area contributed by atoms with Crippen molar-refractivity contribution in [3.63, 3.8) is 0 Å². The quantitative estimate of drug-likeness (QED) is 0.486. The summed E-state index contributed by atoms with van der Waals surface area (Å²) >= 11 is 3.38. The minimum atomic E-state index is 0.639. The third-order valence-corrected chi connectivity index (χ3v) is 2.30. The van der Waals surface area contributed by atoms with Gasteiger partial charge in [-0.05, 0) is 24.6 Å².